The van der Waals surface area contributed by atoms with E-state index in [0.29, 0.717) is 6.54 Å². The van der Waals surface area contributed by atoms with Crippen molar-refractivity contribution in [2.75, 3.05) is 20.7 Å². The number of guanidine groups is 1. The molecule has 1 fully saturated rings. The topological polar surface area (TPSA) is 67.8 Å². The van der Waals surface area contributed by atoms with Gasteiger partial charge in [-0.05, 0) is 43.9 Å². The second-order valence-corrected chi connectivity index (χ2v) is 6.90. The standard InChI is InChI=1S/C22H30N4O2.HI/c1-23-22(25-15-13-18-9-5-6-14-24-18)26-16-17-8-7-12-20(27-2)21(17)28-19-10-3-4-11-19;/h5-9,12,14,19H,3-4,10-11,13,15-16H2,1-2H3,(H2,23,25,26);1H. The molecule has 2 N–H and O–H groups in total. The highest BCUT2D eigenvalue weighted by Crippen LogP contribution is 2.34. The van der Waals surface area contributed by atoms with Gasteiger partial charge in [0.1, 0.15) is 0 Å². The number of hydrogen-bond acceptors (Lipinski definition) is 4. The maximum absolute atomic E-state index is 6.30. The van der Waals surface area contributed by atoms with Gasteiger partial charge in [-0.3, -0.25) is 9.98 Å². The lowest BCUT2D eigenvalue weighted by Crippen LogP contribution is -2.38. The Kier molecular flexibility index (Phi) is 10.0. The third-order valence-corrected chi connectivity index (χ3v) is 4.94. The molecule has 1 saturated carbocycles. The van der Waals surface area contributed by atoms with Gasteiger partial charge in [0, 0.05) is 44.0 Å². The van der Waals surface area contributed by atoms with Gasteiger partial charge in [-0.2, -0.15) is 0 Å². The molecular formula is C22H31IN4O2. The van der Waals surface area contributed by atoms with Gasteiger partial charge < -0.3 is 20.1 Å². The zero-order valence-electron chi connectivity index (χ0n) is 17.2. The molecule has 3 rings (SSSR count). The third-order valence-electron chi connectivity index (χ3n) is 4.94. The quantitative estimate of drug-likeness (QED) is 0.320. The molecule has 158 valence electrons. The Morgan fingerprint density at radius 1 is 1.14 bits per heavy atom. The van der Waals surface area contributed by atoms with Gasteiger partial charge in [-0.15, -0.1) is 24.0 Å². The van der Waals surface area contributed by atoms with Gasteiger partial charge in [-0.25, -0.2) is 0 Å². The highest BCUT2D eigenvalue weighted by molar-refractivity contribution is 14.0. The Morgan fingerprint density at radius 2 is 1.97 bits per heavy atom. The lowest BCUT2D eigenvalue weighted by molar-refractivity contribution is 0.198. The van der Waals surface area contributed by atoms with Gasteiger partial charge in [-0.1, -0.05) is 18.2 Å². The minimum absolute atomic E-state index is 0. The van der Waals surface area contributed by atoms with Crippen LogP contribution in [0.15, 0.2) is 47.6 Å². The molecule has 0 amide bonds. The van der Waals surface area contributed by atoms with Crippen LogP contribution in [-0.4, -0.2) is 37.7 Å². The van der Waals surface area contributed by atoms with Gasteiger partial charge >= 0.3 is 0 Å². The smallest absolute Gasteiger partial charge is 0.191 e. The van der Waals surface area contributed by atoms with E-state index in [4.69, 9.17) is 9.47 Å². The zero-order chi connectivity index (χ0) is 19.6. The number of ether oxygens (including phenoxy) is 2. The molecule has 0 radical (unpaired) electrons. The maximum atomic E-state index is 6.30. The summed E-state index contributed by atoms with van der Waals surface area (Å²) < 4.78 is 11.8. The van der Waals surface area contributed by atoms with Crippen LogP contribution >= 0.6 is 24.0 Å². The number of aliphatic imine (C=N–C) groups is 1. The van der Waals surface area contributed by atoms with E-state index in [1.807, 2.05) is 36.5 Å². The molecule has 1 aromatic carbocycles. The Hall–Kier alpha value is -2.03. The van der Waals surface area contributed by atoms with Crippen LogP contribution in [0, 0.1) is 0 Å². The number of nitrogens with zero attached hydrogens (tertiary/aromatic N) is 2. The van der Waals surface area contributed by atoms with E-state index >= 15 is 0 Å². The first kappa shape index (κ1) is 23.3. The van der Waals surface area contributed by atoms with Gasteiger partial charge in [0.2, 0.25) is 0 Å². The zero-order valence-corrected chi connectivity index (χ0v) is 19.5. The summed E-state index contributed by atoms with van der Waals surface area (Å²) in [6, 6.07) is 12.0. The van der Waals surface area contributed by atoms with E-state index in [9.17, 15) is 0 Å². The third kappa shape index (κ3) is 7.06. The number of hydrogen-bond donors (Lipinski definition) is 2. The molecular weight excluding hydrogens is 479 g/mol. The molecule has 0 unspecified atom stereocenters. The Labute approximate surface area is 190 Å². The highest BCUT2D eigenvalue weighted by atomic mass is 127. The minimum Gasteiger partial charge on any atom is -0.493 e. The first-order valence-electron chi connectivity index (χ1n) is 9.97. The fourth-order valence-corrected chi connectivity index (χ4v) is 3.42. The van der Waals surface area contributed by atoms with Crippen LogP contribution in [0.3, 0.4) is 0 Å². The first-order chi connectivity index (χ1) is 13.8. The van der Waals surface area contributed by atoms with Crippen molar-refractivity contribution < 1.29 is 9.47 Å². The predicted octanol–water partition coefficient (Wildman–Crippen LogP) is 3.94. The van der Waals surface area contributed by atoms with Crippen molar-refractivity contribution >= 4 is 29.9 Å². The van der Waals surface area contributed by atoms with Crippen molar-refractivity contribution in [2.24, 2.45) is 4.99 Å². The molecule has 0 bridgehead atoms. The summed E-state index contributed by atoms with van der Waals surface area (Å²) in [5.74, 6) is 2.38. The van der Waals surface area contributed by atoms with Crippen LogP contribution in [0.25, 0.3) is 0 Å². The molecule has 0 saturated heterocycles. The van der Waals surface area contributed by atoms with Crippen LogP contribution in [-0.2, 0) is 13.0 Å². The molecule has 0 atom stereocenters. The average molecular weight is 510 g/mol. The Morgan fingerprint density at radius 3 is 2.66 bits per heavy atom. The SMILES string of the molecule is CN=C(NCCc1ccccn1)NCc1cccc(OC)c1OC1CCCC1.I. The highest BCUT2D eigenvalue weighted by Gasteiger charge is 2.20. The molecule has 29 heavy (non-hydrogen) atoms. The summed E-state index contributed by atoms with van der Waals surface area (Å²) in [4.78, 5) is 8.66. The molecule has 6 nitrogen and oxygen atoms in total. The second-order valence-electron chi connectivity index (χ2n) is 6.90. The molecule has 0 aliphatic heterocycles. The number of nitrogens with one attached hydrogen (secondary N) is 2. The number of halogens is 1. The number of aromatic nitrogens is 1. The fraction of sp³-hybridized carbons (Fsp3) is 0.455. The van der Waals surface area contributed by atoms with Crippen molar-refractivity contribution in [2.45, 2.75) is 44.8 Å². The van der Waals surface area contributed by atoms with Crippen molar-refractivity contribution in [1.82, 2.24) is 15.6 Å². The summed E-state index contributed by atoms with van der Waals surface area (Å²) in [5.41, 5.74) is 2.13. The van der Waals surface area contributed by atoms with E-state index in [1.54, 1.807) is 14.2 Å². The lowest BCUT2D eigenvalue weighted by Gasteiger charge is -2.20. The second kappa shape index (κ2) is 12.5. The lowest BCUT2D eigenvalue weighted by atomic mass is 10.1. The van der Waals surface area contributed by atoms with Crippen molar-refractivity contribution in [3.63, 3.8) is 0 Å². The average Bonchev–Trinajstić information content (AvgIpc) is 3.25. The monoisotopic (exact) mass is 510 g/mol. The largest absolute Gasteiger partial charge is 0.493 e. The van der Waals surface area contributed by atoms with Crippen LogP contribution in [0.4, 0.5) is 0 Å². The summed E-state index contributed by atoms with van der Waals surface area (Å²) in [5, 5.41) is 6.71. The van der Waals surface area contributed by atoms with E-state index in [-0.39, 0.29) is 30.1 Å². The van der Waals surface area contributed by atoms with Gasteiger partial charge in [0.15, 0.2) is 17.5 Å². The number of benzene rings is 1. The van der Waals surface area contributed by atoms with E-state index in [1.165, 1.54) is 12.8 Å². The molecule has 1 aliphatic carbocycles. The molecule has 2 aromatic rings. The first-order valence-corrected chi connectivity index (χ1v) is 9.97. The molecule has 1 aliphatic rings. The van der Waals surface area contributed by atoms with Crippen LogP contribution in [0.1, 0.15) is 36.9 Å². The molecule has 0 spiro atoms. The summed E-state index contributed by atoms with van der Waals surface area (Å²) in [6.45, 7) is 1.38. The number of pyridine rings is 1. The Balaban J connectivity index is 0.00000300. The molecule has 1 aromatic heterocycles. The Bertz CT molecular complexity index is 765. The van der Waals surface area contributed by atoms with Crippen LogP contribution < -0.4 is 20.1 Å². The molecule has 7 heteroatoms. The summed E-state index contributed by atoms with van der Waals surface area (Å²) in [6.07, 6.45) is 7.64. The van der Waals surface area contributed by atoms with Crippen LogP contribution in [0.5, 0.6) is 11.5 Å². The van der Waals surface area contributed by atoms with E-state index in [2.05, 4.69) is 26.7 Å². The predicted molar refractivity (Wildman–Crippen MR) is 127 cm³/mol. The summed E-state index contributed by atoms with van der Waals surface area (Å²) >= 11 is 0. The van der Waals surface area contributed by atoms with Gasteiger partial charge in [0.25, 0.3) is 0 Å². The van der Waals surface area contributed by atoms with E-state index in [0.717, 1.165) is 54.5 Å². The number of methoxy groups -OCH3 is 1. The van der Waals surface area contributed by atoms with Crippen LogP contribution in [0.2, 0.25) is 0 Å². The number of rotatable bonds is 8. The van der Waals surface area contributed by atoms with E-state index < -0.39 is 0 Å². The maximum Gasteiger partial charge on any atom is 0.191 e. The normalized spacial score (nSPS) is 14.2. The molecule has 1 heterocycles. The minimum atomic E-state index is 0. The van der Waals surface area contributed by atoms with Crippen molar-refractivity contribution in [3.8, 4) is 11.5 Å². The van der Waals surface area contributed by atoms with Crippen molar-refractivity contribution in [1.29, 1.82) is 0 Å². The summed E-state index contributed by atoms with van der Waals surface area (Å²) in [7, 11) is 3.46. The van der Waals surface area contributed by atoms with Crippen molar-refractivity contribution in [3.05, 3.63) is 53.9 Å². The number of para-hydroxylation sites is 1. The fourth-order valence-electron chi connectivity index (χ4n) is 3.42. The van der Waals surface area contributed by atoms with Gasteiger partial charge in [0.05, 0.1) is 13.2 Å².